The van der Waals surface area contributed by atoms with E-state index in [1.54, 1.807) is 0 Å². The van der Waals surface area contributed by atoms with Gasteiger partial charge >= 0.3 is 0 Å². The molecule has 1 fully saturated rings. The quantitative estimate of drug-likeness (QED) is 0.875. The van der Waals surface area contributed by atoms with Crippen molar-refractivity contribution in [2.24, 2.45) is 5.73 Å². The number of amides is 1. The normalized spacial score (nSPS) is 17.1. The second-order valence-corrected chi connectivity index (χ2v) is 6.02. The zero-order chi connectivity index (χ0) is 15.1. The molecule has 1 atom stereocenters. The first-order valence-electron chi connectivity index (χ1n) is 8.05. The van der Waals surface area contributed by atoms with Crippen LogP contribution in [-0.4, -0.2) is 25.0 Å². The summed E-state index contributed by atoms with van der Waals surface area (Å²) in [6.45, 7) is 4.15. The van der Waals surface area contributed by atoms with Crippen LogP contribution in [0.2, 0.25) is 0 Å². The largest absolute Gasteiger partial charge is 0.371 e. The van der Waals surface area contributed by atoms with Crippen LogP contribution in [0.4, 0.5) is 11.4 Å². The minimum absolute atomic E-state index is 0.0420. The lowest BCUT2D eigenvalue weighted by molar-refractivity contribution is -0.116. The number of nitrogens with one attached hydrogen (secondary N) is 1. The van der Waals surface area contributed by atoms with Crippen LogP contribution in [0.5, 0.6) is 0 Å². The number of rotatable bonds is 5. The highest BCUT2D eigenvalue weighted by Gasteiger charge is 2.11. The van der Waals surface area contributed by atoms with E-state index in [0.717, 1.165) is 25.2 Å². The first-order valence-corrected chi connectivity index (χ1v) is 8.05. The van der Waals surface area contributed by atoms with Gasteiger partial charge in [0.2, 0.25) is 5.91 Å². The summed E-state index contributed by atoms with van der Waals surface area (Å²) in [4.78, 5) is 14.3. The molecule has 2 rings (SSSR count). The number of nitrogens with two attached hydrogens (primary N) is 1. The number of carbonyl (C=O) groups is 1. The molecule has 0 aliphatic carbocycles. The summed E-state index contributed by atoms with van der Waals surface area (Å²) in [5.41, 5.74) is 7.77. The fraction of sp³-hybridized carbons (Fsp3) is 0.588. The Morgan fingerprint density at radius 1 is 1.29 bits per heavy atom. The highest BCUT2D eigenvalue weighted by Crippen LogP contribution is 2.22. The second-order valence-electron chi connectivity index (χ2n) is 6.02. The van der Waals surface area contributed by atoms with E-state index < -0.39 is 0 Å². The van der Waals surface area contributed by atoms with Crippen LogP contribution >= 0.6 is 0 Å². The fourth-order valence-corrected chi connectivity index (χ4v) is 2.69. The molecule has 1 aromatic carbocycles. The molecule has 4 heteroatoms. The van der Waals surface area contributed by atoms with E-state index in [4.69, 9.17) is 5.73 Å². The van der Waals surface area contributed by atoms with Crippen LogP contribution in [-0.2, 0) is 4.79 Å². The zero-order valence-corrected chi connectivity index (χ0v) is 13.0. The number of hydrogen-bond donors (Lipinski definition) is 2. The third kappa shape index (κ3) is 5.38. The maximum atomic E-state index is 11.9. The van der Waals surface area contributed by atoms with Gasteiger partial charge < -0.3 is 16.0 Å². The van der Waals surface area contributed by atoms with Gasteiger partial charge in [0, 0.05) is 36.9 Å². The summed E-state index contributed by atoms with van der Waals surface area (Å²) in [6, 6.07) is 8.24. The predicted molar refractivity (Wildman–Crippen MR) is 88.6 cm³/mol. The molecule has 4 nitrogen and oxygen atoms in total. The summed E-state index contributed by atoms with van der Waals surface area (Å²) in [5, 5.41) is 2.97. The van der Waals surface area contributed by atoms with E-state index in [1.807, 2.05) is 19.1 Å². The molecular formula is C17H27N3O. The van der Waals surface area contributed by atoms with Gasteiger partial charge in [-0.25, -0.2) is 0 Å². The first kappa shape index (κ1) is 15.8. The second kappa shape index (κ2) is 8.03. The van der Waals surface area contributed by atoms with E-state index >= 15 is 0 Å². The summed E-state index contributed by atoms with van der Waals surface area (Å²) in [7, 11) is 0. The Balaban J connectivity index is 1.95. The summed E-state index contributed by atoms with van der Waals surface area (Å²) < 4.78 is 0. The third-order valence-electron chi connectivity index (χ3n) is 3.93. The van der Waals surface area contributed by atoms with Crippen molar-refractivity contribution >= 4 is 17.3 Å². The molecule has 1 heterocycles. The smallest absolute Gasteiger partial charge is 0.224 e. The Morgan fingerprint density at radius 3 is 2.67 bits per heavy atom. The van der Waals surface area contributed by atoms with Gasteiger partial charge in [0.15, 0.2) is 0 Å². The molecule has 0 spiro atoms. The average Bonchev–Trinajstić information content (AvgIpc) is 2.74. The molecule has 116 valence electrons. The van der Waals surface area contributed by atoms with Crippen molar-refractivity contribution in [1.29, 1.82) is 0 Å². The van der Waals surface area contributed by atoms with Gasteiger partial charge in [-0.2, -0.15) is 0 Å². The fourth-order valence-electron chi connectivity index (χ4n) is 2.69. The van der Waals surface area contributed by atoms with Gasteiger partial charge in [-0.15, -0.1) is 0 Å². The van der Waals surface area contributed by atoms with Crippen molar-refractivity contribution < 1.29 is 4.79 Å². The Bertz CT molecular complexity index is 451. The number of carbonyl (C=O) groups excluding carboxylic acids is 1. The number of nitrogens with zero attached hydrogens (tertiary/aromatic N) is 1. The van der Waals surface area contributed by atoms with Gasteiger partial charge in [0.25, 0.3) is 0 Å². The summed E-state index contributed by atoms with van der Waals surface area (Å²) >= 11 is 0. The third-order valence-corrected chi connectivity index (χ3v) is 3.93. The van der Waals surface area contributed by atoms with Gasteiger partial charge in [-0.05, 0) is 44.4 Å². The van der Waals surface area contributed by atoms with Crippen LogP contribution in [0, 0.1) is 0 Å². The van der Waals surface area contributed by atoms with Gasteiger partial charge in [0.05, 0.1) is 0 Å². The molecule has 1 aliphatic rings. The number of anilines is 2. The van der Waals surface area contributed by atoms with Crippen LogP contribution in [0.3, 0.4) is 0 Å². The van der Waals surface area contributed by atoms with Crippen LogP contribution in [0.15, 0.2) is 24.3 Å². The summed E-state index contributed by atoms with van der Waals surface area (Å²) in [5.74, 6) is 0.0420. The molecule has 0 aromatic heterocycles. The highest BCUT2D eigenvalue weighted by atomic mass is 16.1. The molecule has 3 N–H and O–H groups in total. The molecule has 1 unspecified atom stereocenters. The number of benzene rings is 1. The van der Waals surface area contributed by atoms with Crippen LogP contribution in [0.25, 0.3) is 0 Å². The Morgan fingerprint density at radius 2 is 2.00 bits per heavy atom. The van der Waals surface area contributed by atoms with Gasteiger partial charge in [-0.3, -0.25) is 4.79 Å². The number of hydrogen-bond acceptors (Lipinski definition) is 3. The molecule has 0 radical (unpaired) electrons. The van der Waals surface area contributed by atoms with Crippen molar-refractivity contribution in [3.63, 3.8) is 0 Å². The van der Waals surface area contributed by atoms with E-state index in [0.29, 0.717) is 6.42 Å². The molecule has 1 aliphatic heterocycles. The minimum atomic E-state index is 0.0420. The Kier molecular flexibility index (Phi) is 6.05. The first-order chi connectivity index (χ1) is 10.1. The van der Waals surface area contributed by atoms with Crippen LogP contribution < -0.4 is 16.0 Å². The molecular weight excluding hydrogens is 262 g/mol. The molecule has 0 bridgehead atoms. The van der Waals surface area contributed by atoms with Crippen molar-refractivity contribution in [2.75, 3.05) is 23.3 Å². The van der Waals surface area contributed by atoms with E-state index in [9.17, 15) is 4.79 Å². The van der Waals surface area contributed by atoms with Crippen molar-refractivity contribution in [2.45, 2.75) is 51.5 Å². The lowest BCUT2D eigenvalue weighted by Crippen LogP contribution is -2.24. The Labute approximate surface area is 127 Å². The Hall–Kier alpha value is -1.55. The molecule has 1 aromatic rings. The molecule has 21 heavy (non-hydrogen) atoms. The van der Waals surface area contributed by atoms with Gasteiger partial charge in [-0.1, -0.05) is 18.9 Å². The van der Waals surface area contributed by atoms with E-state index in [2.05, 4.69) is 22.3 Å². The van der Waals surface area contributed by atoms with E-state index in [-0.39, 0.29) is 11.9 Å². The highest BCUT2D eigenvalue weighted by molar-refractivity contribution is 5.91. The van der Waals surface area contributed by atoms with Crippen molar-refractivity contribution in [3.05, 3.63) is 24.3 Å². The van der Waals surface area contributed by atoms with Gasteiger partial charge in [0.1, 0.15) is 0 Å². The lowest BCUT2D eigenvalue weighted by atomic mass is 10.2. The van der Waals surface area contributed by atoms with E-state index in [1.165, 1.54) is 31.4 Å². The standard InChI is InChI=1S/C17H27N3O/c1-14(18)9-10-17(21)19-15-7-6-8-16(13-15)20-11-4-2-3-5-12-20/h6-8,13-14H,2-5,9-12,18H2,1H3,(H,19,21). The van der Waals surface area contributed by atoms with Crippen LogP contribution in [0.1, 0.15) is 45.4 Å². The lowest BCUT2D eigenvalue weighted by Gasteiger charge is -2.23. The minimum Gasteiger partial charge on any atom is -0.371 e. The predicted octanol–water partition coefficient (Wildman–Crippen LogP) is 3.13. The van der Waals surface area contributed by atoms with Crippen molar-refractivity contribution in [1.82, 2.24) is 0 Å². The SMILES string of the molecule is CC(N)CCC(=O)Nc1cccc(N2CCCCCC2)c1. The topological polar surface area (TPSA) is 58.4 Å². The zero-order valence-electron chi connectivity index (χ0n) is 13.0. The molecule has 1 amide bonds. The molecule has 0 saturated carbocycles. The van der Waals surface area contributed by atoms with Crippen molar-refractivity contribution in [3.8, 4) is 0 Å². The average molecular weight is 289 g/mol. The maximum absolute atomic E-state index is 11.9. The molecule has 1 saturated heterocycles. The summed E-state index contributed by atoms with van der Waals surface area (Å²) in [6.07, 6.45) is 6.35. The monoisotopic (exact) mass is 289 g/mol. The maximum Gasteiger partial charge on any atom is 0.224 e.